The number of carbonyl (C=O) groups is 2. The molecule has 4 N–H and O–H groups in total. The Balaban J connectivity index is 1.18. The number of ether oxygens (including phenoxy) is 2. The van der Waals surface area contributed by atoms with Crippen LogP contribution in [0.1, 0.15) is 81.9 Å². The summed E-state index contributed by atoms with van der Waals surface area (Å²) in [6.45, 7) is 5.96. The SMILES string of the molecule is CCCN(CCC)C(=O)C1=Cc2c(CCCCN=C(CCCOCCC(=O)Oc3c(F)c(F)cc(F)c3F)Nc3cccc(C#N)c3)cc(-c3cccc(S(=O)(=O)N4CC(CO)C4)c3)cc2N=C(N)C1. The van der Waals surface area contributed by atoms with E-state index in [4.69, 9.17) is 20.5 Å². The van der Waals surface area contributed by atoms with Crippen molar-refractivity contribution in [3.63, 3.8) is 0 Å². The zero-order valence-corrected chi connectivity index (χ0v) is 40.0. The Hall–Kier alpha value is -6.46. The van der Waals surface area contributed by atoms with Crippen molar-refractivity contribution >= 4 is 51.0 Å². The second kappa shape index (κ2) is 24.9. The summed E-state index contributed by atoms with van der Waals surface area (Å²) in [6.07, 6.45) is 5.79. The summed E-state index contributed by atoms with van der Waals surface area (Å²) in [7, 11) is -3.80. The number of hydrogen-bond donors (Lipinski definition) is 3. The fraction of sp³-hybridized carbons (Fsp3) is 0.392. The number of carbonyl (C=O) groups excluding carboxylic acids is 2. The van der Waals surface area contributed by atoms with E-state index in [2.05, 4.69) is 16.1 Å². The Bertz CT molecular complexity index is 2760. The number of aliphatic hydroxyl groups is 1. The molecule has 0 aromatic heterocycles. The molecule has 1 amide bonds. The number of halogens is 4. The highest BCUT2D eigenvalue weighted by Gasteiger charge is 2.36. The lowest BCUT2D eigenvalue weighted by molar-refractivity contribution is -0.136. The number of nitrogens with one attached hydrogen (secondary N) is 1. The van der Waals surface area contributed by atoms with Crippen LogP contribution in [0.25, 0.3) is 17.2 Å². The average Bonchev–Trinajstić information content (AvgIpc) is 3.50. The zero-order chi connectivity index (χ0) is 50.4. The van der Waals surface area contributed by atoms with Gasteiger partial charge in [0.25, 0.3) is 0 Å². The predicted octanol–water partition coefficient (Wildman–Crippen LogP) is 8.44. The Labute approximate surface area is 405 Å². The van der Waals surface area contributed by atoms with Crippen molar-refractivity contribution in [1.82, 2.24) is 9.21 Å². The number of esters is 1. The maximum Gasteiger partial charge on any atom is 0.313 e. The van der Waals surface area contributed by atoms with Gasteiger partial charge in [0.1, 0.15) is 11.7 Å². The molecule has 4 aromatic carbocycles. The maximum absolute atomic E-state index is 14.0. The third-order valence-corrected chi connectivity index (χ3v) is 13.4. The molecule has 2 aliphatic heterocycles. The molecule has 2 heterocycles. The number of nitriles is 1. The molecule has 19 heteroatoms. The van der Waals surface area contributed by atoms with Gasteiger partial charge in [-0.25, -0.2) is 22.2 Å². The smallest absolute Gasteiger partial charge is 0.313 e. The van der Waals surface area contributed by atoms with Crippen LogP contribution >= 0.6 is 0 Å². The fourth-order valence-corrected chi connectivity index (χ4v) is 9.66. The molecule has 0 unspecified atom stereocenters. The molecule has 2 aliphatic rings. The Kier molecular flexibility index (Phi) is 18.8. The van der Waals surface area contributed by atoms with Gasteiger partial charge in [-0.2, -0.15) is 18.3 Å². The van der Waals surface area contributed by atoms with Crippen molar-refractivity contribution in [1.29, 1.82) is 5.26 Å². The molecule has 1 fully saturated rings. The number of aryl methyl sites for hydroxylation is 1. The molecule has 1 saturated heterocycles. The number of unbranched alkanes of at least 4 members (excludes halogenated alkanes) is 1. The van der Waals surface area contributed by atoms with E-state index in [-0.39, 0.29) is 68.0 Å². The number of rotatable bonds is 23. The molecule has 0 atom stereocenters. The summed E-state index contributed by atoms with van der Waals surface area (Å²) in [5, 5.41) is 22.3. The summed E-state index contributed by atoms with van der Waals surface area (Å²) >= 11 is 0. The topological polar surface area (TPSA) is 200 Å². The summed E-state index contributed by atoms with van der Waals surface area (Å²) in [6, 6.07) is 19.6. The highest BCUT2D eigenvalue weighted by Crippen LogP contribution is 2.37. The van der Waals surface area contributed by atoms with Crippen molar-refractivity contribution in [2.75, 3.05) is 57.9 Å². The van der Waals surface area contributed by atoms with Gasteiger partial charge in [-0.15, -0.1) is 0 Å². The summed E-state index contributed by atoms with van der Waals surface area (Å²) in [5.74, 6) is -9.02. The number of aliphatic hydroxyl groups excluding tert-OH is 1. The molecular formula is C51H57F4N7O7S. The third-order valence-electron chi connectivity index (χ3n) is 11.6. The van der Waals surface area contributed by atoms with E-state index in [1.54, 1.807) is 42.5 Å². The van der Waals surface area contributed by atoms with Gasteiger partial charge in [-0.3, -0.25) is 14.6 Å². The number of aliphatic imine (C=N–C) groups is 2. The first-order chi connectivity index (χ1) is 33.6. The molecule has 4 aromatic rings. The van der Waals surface area contributed by atoms with Crippen LogP contribution in [-0.4, -0.2) is 98.8 Å². The Morgan fingerprint density at radius 2 is 1.67 bits per heavy atom. The third kappa shape index (κ3) is 13.7. The lowest BCUT2D eigenvalue weighted by atomic mass is 9.93. The minimum atomic E-state index is -3.80. The van der Waals surface area contributed by atoms with Crippen molar-refractivity contribution < 1.29 is 50.1 Å². The number of nitrogens with zero attached hydrogens (tertiary/aromatic N) is 5. The maximum atomic E-state index is 14.0. The lowest BCUT2D eigenvalue weighted by Gasteiger charge is -2.36. The number of anilines is 1. The standard InChI is InChI=1S/C51H57F4N7O7S/c1-3-18-61(19-4-2)51(65)38-25-41-36(23-37(26-44(41)60-45(57)27-38)35-12-8-14-40(24-35)70(66,67)62-30-34(31-62)32-63)11-5-6-17-58-46(59-39-13-7-10-33(22-39)29-56)15-9-20-68-21-16-47(64)69-50-48(54)42(52)28-43(53)49(50)55/h7-8,10,12-14,22-26,28,34,63H,3-6,9,11,15-21,27,30-32H2,1-2H3,(H2,57,60)(H,58,59). The van der Waals surface area contributed by atoms with E-state index in [0.717, 1.165) is 24.0 Å². The number of amidine groups is 2. The summed E-state index contributed by atoms with van der Waals surface area (Å²) in [5.41, 5.74) is 11.7. The van der Waals surface area contributed by atoms with E-state index in [1.165, 1.54) is 4.31 Å². The number of nitrogens with two attached hydrogens (primary N) is 1. The van der Waals surface area contributed by atoms with Crippen LogP contribution in [0, 0.1) is 40.5 Å². The first kappa shape index (κ1) is 52.9. The van der Waals surface area contributed by atoms with E-state index in [0.29, 0.717) is 91.2 Å². The van der Waals surface area contributed by atoms with Crippen LogP contribution in [0.4, 0.5) is 28.9 Å². The average molecular weight is 988 g/mol. The molecule has 0 saturated carbocycles. The largest absolute Gasteiger partial charge is 0.420 e. The normalized spacial score (nSPS) is 14.2. The van der Waals surface area contributed by atoms with Gasteiger partial charge in [-0.05, 0) is 97.7 Å². The molecule has 6 rings (SSSR count). The van der Waals surface area contributed by atoms with Crippen LogP contribution < -0.4 is 15.8 Å². The first-order valence-electron chi connectivity index (χ1n) is 23.3. The molecule has 14 nitrogen and oxygen atoms in total. The number of benzene rings is 4. The van der Waals surface area contributed by atoms with Crippen molar-refractivity contribution in [2.24, 2.45) is 21.6 Å². The fourth-order valence-electron chi connectivity index (χ4n) is 8.02. The van der Waals surface area contributed by atoms with E-state index in [1.807, 2.05) is 43.0 Å². The second-order valence-corrected chi connectivity index (χ2v) is 19.0. The van der Waals surface area contributed by atoms with E-state index < -0.39 is 51.4 Å². The van der Waals surface area contributed by atoms with Gasteiger partial charge < -0.3 is 30.5 Å². The summed E-state index contributed by atoms with van der Waals surface area (Å²) in [4.78, 5) is 37.8. The predicted molar refractivity (Wildman–Crippen MR) is 259 cm³/mol. The molecule has 0 aliphatic carbocycles. The van der Waals surface area contributed by atoms with Crippen molar-refractivity contribution in [3.8, 4) is 22.9 Å². The van der Waals surface area contributed by atoms with Crippen LogP contribution in [0.5, 0.6) is 5.75 Å². The molecule has 0 bridgehead atoms. The van der Waals surface area contributed by atoms with E-state index >= 15 is 0 Å². The Morgan fingerprint density at radius 3 is 2.37 bits per heavy atom. The molecule has 0 spiro atoms. The summed E-state index contributed by atoms with van der Waals surface area (Å²) < 4.78 is 93.5. The monoisotopic (exact) mass is 987 g/mol. The van der Waals surface area contributed by atoms with E-state index in [9.17, 15) is 45.9 Å². The molecule has 70 heavy (non-hydrogen) atoms. The minimum absolute atomic E-state index is 0.0109. The minimum Gasteiger partial charge on any atom is -0.420 e. The van der Waals surface area contributed by atoms with Gasteiger partial charge >= 0.3 is 5.97 Å². The highest BCUT2D eigenvalue weighted by atomic mass is 32.2. The van der Waals surface area contributed by atoms with Crippen LogP contribution in [0.2, 0.25) is 0 Å². The molecular weight excluding hydrogens is 931 g/mol. The number of fused-ring (bicyclic) bond motifs is 1. The number of hydrogen-bond acceptors (Lipinski definition) is 11. The second-order valence-electron chi connectivity index (χ2n) is 17.0. The zero-order valence-electron chi connectivity index (χ0n) is 39.2. The Morgan fingerprint density at radius 1 is 0.943 bits per heavy atom. The van der Waals surface area contributed by atoms with Crippen molar-refractivity contribution in [3.05, 3.63) is 112 Å². The van der Waals surface area contributed by atoms with Crippen LogP contribution in [0.15, 0.2) is 87.2 Å². The van der Waals surface area contributed by atoms with Gasteiger partial charge in [0.2, 0.25) is 33.3 Å². The number of sulfonamides is 1. The highest BCUT2D eigenvalue weighted by molar-refractivity contribution is 7.89. The van der Waals surface area contributed by atoms with Gasteiger partial charge in [0.15, 0.2) is 11.6 Å². The molecule has 0 radical (unpaired) electrons. The molecule has 372 valence electrons. The number of amides is 1. The van der Waals surface area contributed by atoms with Gasteiger partial charge in [-0.1, -0.05) is 38.1 Å². The quantitative estimate of drug-likeness (QED) is 0.0123. The van der Waals surface area contributed by atoms with Crippen LogP contribution in [0.3, 0.4) is 0 Å². The first-order valence-corrected chi connectivity index (χ1v) is 24.7. The van der Waals surface area contributed by atoms with Crippen molar-refractivity contribution in [2.45, 2.75) is 76.5 Å². The van der Waals surface area contributed by atoms with Gasteiger partial charge in [0.05, 0.1) is 35.2 Å². The van der Waals surface area contributed by atoms with Gasteiger partial charge in [0, 0.05) is 87.6 Å². The lowest BCUT2D eigenvalue weighted by Crippen LogP contribution is -2.51. The van der Waals surface area contributed by atoms with Crippen LogP contribution in [-0.2, 0) is 30.8 Å².